The van der Waals surface area contributed by atoms with Crippen molar-refractivity contribution in [1.82, 2.24) is 15.1 Å². The molecule has 5 aliphatic heterocycles. The Kier molecular flexibility index (Phi) is 12.6. The van der Waals surface area contributed by atoms with Gasteiger partial charge in [0.1, 0.15) is 13.2 Å². The fourth-order valence-corrected chi connectivity index (χ4v) is 5.07. The molecule has 0 unspecified atom stereocenters. The lowest BCUT2D eigenvalue weighted by Gasteiger charge is -2.54. The highest BCUT2D eigenvalue weighted by Crippen LogP contribution is 2.34. The van der Waals surface area contributed by atoms with Crippen molar-refractivity contribution < 1.29 is 34.0 Å². The first kappa shape index (κ1) is 35.5. The number of aliphatic hydroxyl groups excluding tert-OH is 2. The fraction of sp³-hybridized carbons (Fsp3) is 0.967. The maximum Gasteiger partial charge on any atom is 0.184 e. The standard InChI is InChI=1S/C11H21NO2.C8H17NO2.C6H10O3.C5H11N/c1-10(2)5-6-12(10)9-7-13-11(3,4)14-8-9;1-8(2)3-4-9(8)7(5-10)6-11;1-6(2)8-3-5(7)4-9-6;1-5(2)3-4-6-5/h9H,5-8H2,1-4H3;7,10-11H,3-6H2,1-2H3;3-4H2,1-2H3;6H,3-4H2,1-2H3. The summed E-state index contributed by atoms with van der Waals surface area (Å²) >= 11 is 0. The van der Waals surface area contributed by atoms with Gasteiger partial charge in [0, 0.05) is 29.7 Å². The smallest absolute Gasteiger partial charge is 0.184 e. The van der Waals surface area contributed by atoms with Crippen LogP contribution >= 0.6 is 0 Å². The summed E-state index contributed by atoms with van der Waals surface area (Å²) in [6.07, 6.45) is 3.78. The monoisotopic (exact) mass is 573 g/mol. The van der Waals surface area contributed by atoms with Gasteiger partial charge in [-0.1, -0.05) is 0 Å². The highest BCUT2D eigenvalue weighted by molar-refractivity contribution is 5.81. The number of ketones is 1. The van der Waals surface area contributed by atoms with Gasteiger partial charge in [-0.25, -0.2) is 0 Å². The number of rotatable bonds is 4. The zero-order valence-electron chi connectivity index (χ0n) is 27.0. The summed E-state index contributed by atoms with van der Waals surface area (Å²) in [5.74, 6) is -0.936. The highest BCUT2D eigenvalue weighted by atomic mass is 16.7. The summed E-state index contributed by atoms with van der Waals surface area (Å²) < 4.78 is 21.3. The van der Waals surface area contributed by atoms with Crippen LogP contribution in [0.3, 0.4) is 0 Å². The molecular formula is C30H59N3O7. The Hall–Kier alpha value is -0.690. The maximum absolute atomic E-state index is 10.5. The van der Waals surface area contributed by atoms with E-state index in [1.807, 2.05) is 13.8 Å². The molecule has 0 radical (unpaired) electrons. The Balaban J connectivity index is 0.000000194. The van der Waals surface area contributed by atoms with E-state index in [1.54, 1.807) is 13.8 Å². The number of Topliss-reactive ketones (excluding diaryl/α,β-unsaturated/α-hetero) is 1. The van der Waals surface area contributed by atoms with Crippen LogP contribution in [0.5, 0.6) is 0 Å². The van der Waals surface area contributed by atoms with E-state index in [0.29, 0.717) is 17.1 Å². The van der Waals surface area contributed by atoms with E-state index in [4.69, 9.17) is 29.2 Å². The minimum Gasteiger partial charge on any atom is -0.395 e. The number of hydrogen-bond donors (Lipinski definition) is 3. The topological polar surface area (TPSA) is 113 Å². The van der Waals surface area contributed by atoms with Crippen LogP contribution in [0.15, 0.2) is 0 Å². The van der Waals surface area contributed by atoms with Crippen molar-refractivity contribution in [2.45, 2.75) is 129 Å². The van der Waals surface area contributed by atoms with Crippen LogP contribution in [-0.4, -0.2) is 125 Å². The van der Waals surface area contributed by atoms with Gasteiger partial charge in [0.05, 0.1) is 38.5 Å². The van der Waals surface area contributed by atoms with E-state index in [9.17, 15) is 4.79 Å². The van der Waals surface area contributed by atoms with Gasteiger partial charge in [-0.05, 0) is 95.0 Å². The van der Waals surface area contributed by atoms with Crippen molar-refractivity contribution in [3.05, 3.63) is 0 Å². The molecule has 0 amide bonds. The van der Waals surface area contributed by atoms with E-state index in [2.05, 4.69) is 56.7 Å². The van der Waals surface area contributed by atoms with Crippen LogP contribution in [0, 0.1) is 0 Å². The number of carbonyl (C=O) groups is 1. The Bertz CT molecular complexity index is 768. The van der Waals surface area contributed by atoms with Gasteiger partial charge in [-0.3, -0.25) is 14.6 Å². The summed E-state index contributed by atoms with van der Waals surface area (Å²) in [7, 11) is 0. The minimum atomic E-state index is -0.562. The van der Waals surface area contributed by atoms with Gasteiger partial charge in [0.2, 0.25) is 0 Å². The van der Waals surface area contributed by atoms with Crippen molar-refractivity contribution in [3.63, 3.8) is 0 Å². The molecule has 40 heavy (non-hydrogen) atoms. The summed E-state index contributed by atoms with van der Waals surface area (Å²) in [6, 6.07) is 0.394. The molecule has 3 N–H and O–H groups in total. The van der Waals surface area contributed by atoms with Crippen LogP contribution in [0.2, 0.25) is 0 Å². The lowest BCUT2D eigenvalue weighted by molar-refractivity contribution is -0.274. The predicted octanol–water partition coefficient (Wildman–Crippen LogP) is 2.54. The number of nitrogens with zero attached hydrogens (tertiary/aromatic N) is 2. The Labute approximate surface area is 243 Å². The number of likely N-dealkylation sites (tertiary alicyclic amines) is 2. The number of nitrogens with one attached hydrogen (secondary N) is 1. The molecule has 0 aromatic carbocycles. The summed E-state index contributed by atoms with van der Waals surface area (Å²) in [4.78, 5) is 15.1. The second kappa shape index (κ2) is 14.2. The number of aliphatic hydroxyl groups is 2. The minimum absolute atomic E-state index is 0.00863. The molecule has 236 valence electrons. The lowest BCUT2D eigenvalue weighted by atomic mass is 9.87. The molecule has 0 bridgehead atoms. The molecule has 0 saturated carbocycles. The third-order valence-electron chi connectivity index (χ3n) is 8.55. The Morgan fingerprint density at radius 3 is 1.45 bits per heavy atom. The molecule has 10 heteroatoms. The molecule has 10 nitrogen and oxygen atoms in total. The van der Waals surface area contributed by atoms with E-state index in [-0.39, 0.29) is 49.6 Å². The molecular weight excluding hydrogens is 514 g/mol. The number of ether oxygens (including phenoxy) is 4. The van der Waals surface area contributed by atoms with Crippen molar-refractivity contribution >= 4 is 5.78 Å². The molecule has 5 rings (SSSR count). The SMILES string of the molecule is CC1(C)CCN1.CC1(C)CCN1C(CO)CO.CC1(C)OCC(=O)CO1.CC1(C)OCC(N2CCC2(C)C)CO1. The normalized spacial score (nSPS) is 28.2. The quantitative estimate of drug-likeness (QED) is 0.464. The Morgan fingerprint density at radius 2 is 1.23 bits per heavy atom. The summed E-state index contributed by atoms with van der Waals surface area (Å²) in [5, 5.41) is 21.1. The van der Waals surface area contributed by atoms with Crippen molar-refractivity contribution in [3.8, 4) is 0 Å². The van der Waals surface area contributed by atoms with Gasteiger partial charge < -0.3 is 34.5 Å². The predicted molar refractivity (Wildman–Crippen MR) is 156 cm³/mol. The molecule has 0 aromatic heterocycles. The second-order valence-electron chi connectivity index (χ2n) is 14.3. The number of carbonyl (C=O) groups excluding carboxylic acids is 1. The largest absolute Gasteiger partial charge is 0.395 e. The first-order valence-electron chi connectivity index (χ1n) is 14.9. The summed E-state index contributed by atoms with van der Waals surface area (Å²) in [6.45, 7) is 26.3. The molecule has 0 spiro atoms. The number of hydrogen-bond acceptors (Lipinski definition) is 10. The highest BCUT2D eigenvalue weighted by Gasteiger charge is 2.43. The third-order valence-corrected chi connectivity index (χ3v) is 8.55. The Morgan fingerprint density at radius 1 is 0.775 bits per heavy atom. The van der Waals surface area contributed by atoms with Gasteiger partial charge in [-0.15, -0.1) is 0 Å². The molecule has 5 saturated heterocycles. The van der Waals surface area contributed by atoms with Crippen LogP contribution in [0.4, 0.5) is 0 Å². The van der Waals surface area contributed by atoms with Gasteiger partial charge in [-0.2, -0.15) is 0 Å². The molecule has 0 atom stereocenters. The average Bonchev–Trinajstić information content (AvgIpc) is 2.84. The maximum atomic E-state index is 10.5. The van der Waals surface area contributed by atoms with E-state index in [1.165, 1.54) is 25.9 Å². The third kappa shape index (κ3) is 10.9. The van der Waals surface area contributed by atoms with Gasteiger partial charge in [0.15, 0.2) is 17.4 Å². The molecule has 5 fully saturated rings. The van der Waals surface area contributed by atoms with Crippen LogP contribution < -0.4 is 5.32 Å². The van der Waals surface area contributed by atoms with Crippen LogP contribution in [0.1, 0.15) is 88.5 Å². The van der Waals surface area contributed by atoms with Crippen molar-refractivity contribution in [2.75, 3.05) is 59.3 Å². The summed E-state index contributed by atoms with van der Waals surface area (Å²) in [5.41, 5.74) is 0.995. The van der Waals surface area contributed by atoms with Crippen LogP contribution in [-0.2, 0) is 23.7 Å². The van der Waals surface area contributed by atoms with E-state index >= 15 is 0 Å². The van der Waals surface area contributed by atoms with E-state index < -0.39 is 5.79 Å². The van der Waals surface area contributed by atoms with Crippen molar-refractivity contribution in [1.29, 1.82) is 0 Å². The first-order valence-corrected chi connectivity index (χ1v) is 14.9. The molecule has 5 aliphatic rings. The lowest BCUT2D eigenvalue weighted by Crippen LogP contribution is -2.64. The average molecular weight is 574 g/mol. The van der Waals surface area contributed by atoms with Crippen molar-refractivity contribution in [2.24, 2.45) is 0 Å². The fourth-order valence-electron chi connectivity index (χ4n) is 5.07. The zero-order valence-corrected chi connectivity index (χ0v) is 27.0. The van der Waals surface area contributed by atoms with Gasteiger partial charge in [0.25, 0.3) is 0 Å². The zero-order chi connectivity index (χ0) is 30.4. The van der Waals surface area contributed by atoms with Crippen LogP contribution in [0.25, 0.3) is 0 Å². The van der Waals surface area contributed by atoms with Gasteiger partial charge >= 0.3 is 0 Å². The molecule has 0 aromatic rings. The molecule has 0 aliphatic carbocycles. The first-order chi connectivity index (χ1) is 18.3. The second-order valence-corrected chi connectivity index (χ2v) is 14.3. The molecule has 5 heterocycles. The van der Waals surface area contributed by atoms with E-state index in [0.717, 1.165) is 26.2 Å².